The van der Waals surface area contributed by atoms with Crippen molar-refractivity contribution < 1.29 is 22.3 Å². The van der Waals surface area contributed by atoms with Gasteiger partial charge < -0.3 is 10.1 Å². The van der Waals surface area contributed by atoms with Crippen molar-refractivity contribution in [3.63, 3.8) is 0 Å². The van der Waals surface area contributed by atoms with E-state index < -0.39 is 21.8 Å². The third-order valence-electron chi connectivity index (χ3n) is 3.55. The monoisotopic (exact) mass is 316 g/mol. The van der Waals surface area contributed by atoms with Gasteiger partial charge in [-0.15, -0.1) is 0 Å². The quantitative estimate of drug-likeness (QED) is 0.823. The number of halogens is 1. The summed E-state index contributed by atoms with van der Waals surface area (Å²) in [7, 11) is -1.40. The van der Waals surface area contributed by atoms with Gasteiger partial charge in [-0.3, -0.25) is 0 Å². The third kappa shape index (κ3) is 3.07. The largest absolute Gasteiger partial charge is 0.465 e. The van der Waals surface area contributed by atoms with E-state index in [-0.39, 0.29) is 16.5 Å². The Morgan fingerprint density at radius 2 is 2.19 bits per heavy atom. The van der Waals surface area contributed by atoms with Crippen LogP contribution in [0.2, 0.25) is 0 Å². The number of hydrogen-bond donors (Lipinski definition) is 1. The van der Waals surface area contributed by atoms with Crippen LogP contribution in [0.3, 0.4) is 0 Å². The molecule has 1 atom stereocenters. The number of esters is 1. The number of nitrogens with one attached hydrogen (secondary N) is 1. The van der Waals surface area contributed by atoms with Gasteiger partial charge in [0.1, 0.15) is 5.82 Å². The van der Waals surface area contributed by atoms with Gasteiger partial charge in [-0.25, -0.2) is 17.6 Å². The van der Waals surface area contributed by atoms with Gasteiger partial charge in [-0.1, -0.05) is 0 Å². The number of likely N-dealkylation sites (N-methyl/N-ethyl adjacent to an activating group) is 1. The first-order chi connectivity index (χ1) is 9.87. The number of carbonyl (C=O) groups is 1. The number of methoxy groups -OCH3 is 1. The molecule has 2 rings (SSSR count). The number of carbonyl (C=O) groups excluding carboxylic acids is 1. The molecule has 0 saturated carbocycles. The molecule has 1 aliphatic heterocycles. The SMILES string of the molecule is COC(=O)c1ccc(F)cc1S(=O)(=O)N(C)C1CCNC1. The van der Waals surface area contributed by atoms with E-state index in [0.29, 0.717) is 13.0 Å². The van der Waals surface area contributed by atoms with Gasteiger partial charge in [-0.2, -0.15) is 4.31 Å². The first kappa shape index (κ1) is 15.9. The molecule has 1 aromatic carbocycles. The molecule has 1 aliphatic rings. The van der Waals surface area contributed by atoms with Crippen LogP contribution >= 0.6 is 0 Å². The van der Waals surface area contributed by atoms with E-state index in [2.05, 4.69) is 10.1 Å². The van der Waals surface area contributed by atoms with Crippen molar-refractivity contribution in [3.8, 4) is 0 Å². The molecule has 0 spiro atoms. The first-order valence-corrected chi connectivity index (χ1v) is 7.88. The lowest BCUT2D eigenvalue weighted by molar-refractivity contribution is 0.0596. The highest BCUT2D eigenvalue weighted by Gasteiger charge is 2.33. The molecule has 0 radical (unpaired) electrons. The molecule has 8 heteroatoms. The van der Waals surface area contributed by atoms with Crippen molar-refractivity contribution in [1.29, 1.82) is 0 Å². The van der Waals surface area contributed by atoms with Crippen molar-refractivity contribution >= 4 is 16.0 Å². The Kier molecular flexibility index (Phi) is 4.60. The Labute approximate surface area is 122 Å². The summed E-state index contributed by atoms with van der Waals surface area (Å²) in [6, 6.07) is 2.78. The van der Waals surface area contributed by atoms with Crippen LogP contribution in [0.5, 0.6) is 0 Å². The molecule has 116 valence electrons. The van der Waals surface area contributed by atoms with E-state index in [0.717, 1.165) is 31.9 Å². The van der Waals surface area contributed by atoms with Crippen LogP contribution in [0.1, 0.15) is 16.8 Å². The second-order valence-electron chi connectivity index (χ2n) is 4.80. The molecular formula is C13H17FN2O4S. The van der Waals surface area contributed by atoms with E-state index in [1.54, 1.807) is 0 Å². The zero-order chi connectivity index (χ0) is 15.6. The lowest BCUT2D eigenvalue weighted by Gasteiger charge is -2.24. The maximum absolute atomic E-state index is 13.4. The summed E-state index contributed by atoms with van der Waals surface area (Å²) in [5, 5.41) is 3.06. The fraction of sp³-hybridized carbons (Fsp3) is 0.462. The Balaban J connectivity index is 2.47. The maximum Gasteiger partial charge on any atom is 0.339 e. The fourth-order valence-corrected chi connectivity index (χ4v) is 3.86. The van der Waals surface area contributed by atoms with E-state index >= 15 is 0 Å². The van der Waals surface area contributed by atoms with Crippen LogP contribution in [0.4, 0.5) is 4.39 Å². The van der Waals surface area contributed by atoms with Crippen molar-refractivity contribution in [2.24, 2.45) is 0 Å². The molecule has 21 heavy (non-hydrogen) atoms. The van der Waals surface area contributed by atoms with Gasteiger partial charge in [0.2, 0.25) is 10.0 Å². The van der Waals surface area contributed by atoms with Gasteiger partial charge >= 0.3 is 5.97 Å². The Bertz CT molecular complexity index is 642. The number of benzene rings is 1. The van der Waals surface area contributed by atoms with E-state index in [4.69, 9.17) is 0 Å². The molecule has 1 N–H and O–H groups in total. The van der Waals surface area contributed by atoms with E-state index in [1.165, 1.54) is 11.4 Å². The molecule has 1 heterocycles. The predicted octanol–water partition coefficient (Wildman–Crippen LogP) is 0.595. The standard InChI is InChI=1S/C13H17FN2O4S/c1-16(10-5-6-15-8-10)21(18,19)12-7-9(14)3-4-11(12)13(17)20-2/h3-4,7,10,15H,5-6,8H2,1-2H3. The minimum atomic E-state index is -3.98. The smallest absolute Gasteiger partial charge is 0.339 e. The van der Waals surface area contributed by atoms with Crippen LogP contribution in [0.15, 0.2) is 23.1 Å². The topological polar surface area (TPSA) is 75.7 Å². The van der Waals surface area contributed by atoms with Gasteiger partial charge in [0, 0.05) is 19.6 Å². The van der Waals surface area contributed by atoms with E-state index in [1.807, 2.05) is 0 Å². The molecule has 0 aromatic heterocycles. The zero-order valence-corrected chi connectivity index (χ0v) is 12.6. The van der Waals surface area contributed by atoms with Gasteiger partial charge in [-0.05, 0) is 31.2 Å². The molecule has 1 unspecified atom stereocenters. The van der Waals surface area contributed by atoms with Crippen molar-refractivity contribution in [2.45, 2.75) is 17.4 Å². The van der Waals surface area contributed by atoms with E-state index in [9.17, 15) is 17.6 Å². The minimum absolute atomic E-state index is 0.170. The number of sulfonamides is 1. The molecule has 0 bridgehead atoms. The van der Waals surface area contributed by atoms with Crippen LogP contribution in [-0.2, 0) is 14.8 Å². The maximum atomic E-state index is 13.4. The van der Waals surface area contributed by atoms with Crippen molar-refractivity contribution in [2.75, 3.05) is 27.2 Å². The first-order valence-electron chi connectivity index (χ1n) is 6.44. The lowest BCUT2D eigenvalue weighted by Crippen LogP contribution is -2.39. The van der Waals surface area contributed by atoms with Gasteiger partial charge in [0.25, 0.3) is 0 Å². The van der Waals surface area contributed by atoms with Gasteiger partial charge in [0.05, 0.1) is 17.6 Å². The number of hydrogen-bond acceptors (Lipinski definition) is 5. The van der Waals surface area contributed by atoms with Crippen LogP contribution in [-0.4, -0.2) is 52.0 Å². The summed E-state index contributed by atoms with van der Waals surface area (Å²) in [6.07, 6.45) is 0.665. The Morgan fingerprint density at radius 3 is 2.76 bits per heavy atom. The molecule has 0 amide bonds. The summed E-state index contributed by atoms with van der Waals surface area (Å²) >= 11 is 0. The Morgan fingerprint density at radius 1 is 1.48 bits per heavy atom. The number of ether oxygens (including phenoxy) is 1. The van der Waals surface area contributed by atoms with Crippen LogP contribution in [0, 0.1) is 5.82 Å². The highest BCUT2D eigenvalue weighted by molar-refractivity contribution is 7.89. The predicted molar refractivity (Wildman–Crippen MR) is 74.0 cm³/mol. The molecule has 1 aromatic rings. The van der Waals surface area contributed by atoms with Crippen LogP contribution < -0.4 is 5.32 Å². The summed E-state index contributed by atoms with van der Waals surface area (Å²) in [4.78, 5) is 11.3. The lowest BCUT2D eigenvalue weighted by atomic mass is 10.2. The minimum Gasteiger partial charge on any atom is -0.465 e. The summed E-state index contributed by atoms with van der Waals surface area (Å²) in [5.41, 5.74) is -0.170. The molecular weight excluding hydrogens is 299 g/mol. The number of rotatable bonds is 4. The highest BCUT2D eigenvalue weighted by Crippen LogP contribution is 2.24. The summed E-state index contributed by atoms with van der Waals surface area (Å²) < 4.78 is 44.4. The second-order valence-corrected chi connectivity index (χ2v) is 6.77. The van der Waals surface area contributed by atoms with Gasteiger partial charge in [0.15, 0.2) is 0 Å². The zero-order valence-electron chi connectivity index (χ0n) is 11.8. The molecule has 6 nitrogen and oxygen atoms in total. The number of nitrogens with zero attached hydrogens (tertiary/aromatic N) is 1. The average Bonchev–Trinajstić information content (AvgIpc) is 2.99. The van der Waals surface area contributed by atoms with Crippen LogP contribution in [0.25, 0.3) is 0 Å². The second kappa shape index (κ2) is 6.08. The molecule has 1 fully saturated rings. The van der Waals surface area contributed by atoms with Crippen molar-refractivity contribution in [1.82, 2.24) is 9.62 Å². The normalized spacial score (nSPS) is 19.0. The third-order valence-corrected chi connectivity index (χ3v) is 5.50. The highest BCUT2D eigenvalue weighted by atomic mass is 32.2. The molecule has 0 aliphatic carbocycles. The van der Waals surface area contributed by atoms with Crippen molar-refractivity contribution in [3.05, 3.63) is 29.6 Å². The Hall–Kier alpha value is -1.51. The average molecular weight is 316 g/mol. The summed E-state index contributed by atoms with van der Waals surface area (Å²) in [6.45, 7) is 1.25. The molecule has 1 saturated heterocycles. The summed E-state index contributed by atoms with van der Waals surface area (Å²) in [5.74, 6) is -1.54. The fourth-order valence-electron chi connectivity index (χ4n) is 2.29.